The maximum Gasteiger partial charge on any atom is 0.417 e. The summed E-state index contributed by atoms with van der Waals surface area (Å²) in [6.07, 6.45) is -2.18. The first-order valence-corrected chi connectivity index (χ1v) is 4.62. The molecule has 1 aromatic carbocycles. The number of benzene rings is 1. The minimum Gasteiger partial charge on any atom is -0.444 e. The third-order valence-electron chi connectivity index (χ3n) is 1.98. The SMILES string of the molecule is FC(F)(F)c1cc(Cl)ccc1-c1cnco1. The quantitative estimate of drug-likeness (QED) is 0.761. The number of aromatic nitrogens is 1. The molecule has 6 heteroatoms. The molecule has 0 atom stereocenters. The molecule has 0 bridgehead atoms. The predicted molar refractivity (Wildman–Crippen MR) is 52.0 cm³/mol. The fourth-order valence-corrected chi connectivity index (χ4v) is 1.49. The van der Waals surface area contributed by atoms with Crippen molar-refractivity contribution < 1.29 is 17.6 Å². The summed E-state index contributed by atoms with van der Waals surface area (Å²) in [7, 11) is 0. The highest BCUT2D eigenvalue weighted by Gasteiger charge is 2.34. The van der Waals surface area contributed by atoms with Gasteiger partial charge in [-0.1, -0.05) is 11.6 Å². The average molecular weight is 248 g/mol. The lowest BCUT2D eigenvalue weighted by Gasteiger charge is -2.11. The first-order chi connectivity index (χ1) is 7.48. The van der Waals surface area contributed by atoms with E-state index in [4.69, 9.17) is 16.0 Å². The third kappa shape index (κ3) is 2.04. The minimum absolute atomic E-state index is 0.0237. The van der Waals surface area contributed by atoms with Crippen molar-refractivity contribution in [3.05, 3.63) is 41.4 Å². The molecule has 0 spiro atoms. The van der Waals surface area contributed by atoms with Crippen LogP contribution in [-0.4, -0.2) is 4.98 Å². The lowest BCUT2D eigenvalue weighted by atomic mass is 10.1. The van der Waals surface area contributed by atoms with E-state index in [1.807, 2.05) is 0 Å². The molecule has 0 aliphatic rings. The minimum atomic E-state index is -4.48. The number of alkyl halides is 3. The number of rotatable bonds is 1. The predicted octanol–water partition coefficient (Wildman–Crippen LogP) is 4.01. The molecule has 0 amide bonds. The Morgan fingerprint density at radius 2 is 2.00 bits per heavy atom. The van der Waals surface area contributed by atoms with Gasteiger partial charge < -0.3 is 4.42 Å². The van der Waals surface area contributed by atoms with Gasteiger partial charge in [-0.05, 0) is 18.2 Å². The van der Waals surface area contributed by atoms with E-state index in [1.165, 1.54) is 18.3 Å². The number of halogens is 4. The molecule has 0 N–H and O–H groups in total. The Morgan fingerprint density at radius 1 is 1.25 bits per heavy atom. The van der Waals surface area contributed by atoms with Crippen molar-refractivity contribution in [2.45, 2.75) is 6.18 Å². The van der Waals surface area contributed by atoms with Crippen LogP contribution in [0.15, 0.2) is 35.2 Å². The van der Waals surface area contributed by atoms with Crippen molar-refractivity contribution in [2.75, 3.05) is 0 Å². The van der Waals surface area contributed by atoms with Crippen LogP contribution in [-0.2, 0) is 6.18 Å². The van der Waals surface area contributed by atoms with Crippen LogP contribution in [0.3, 0.4) is 0 Å². The summed E-state index contributed by atoms with van der Waals surface area (Å²) in [5.74, 6) is 0.0593. The second-order valence-electron chi connectivity index (χ2n) is 3.05. The zero-order chi connectivity index (χ0) is 11.8. The first kappa shape index (κ1) is 11.0. The topological polar surface area (TPSA) is 26.0 Å². The molecule has 0 fully saturated rings. The van der Waals surface area contributed by atoms with E-state index in [1.54, 1.807) is 0 Å². The van der Waals surface area contributed by atoms with Gasteiger partial charge in [-0.2, -0.15) is 13.2 Å². The zero-order valence-electron chi connectivity index (χ0n) is 7.75. The van der Waals surface area contributed by atoms with Crippen molar-refractivity contribution in [3.63, 3.8) is 0 Å². The van der Waals surface area contributed by atoms with E-state index in [0.29, 0.717) is 0 Å². The molecule has 2 rings (SSSR count). The summed E-state index contributed by atoms with van der Waals surface area (Å²) in [5, 5.41) is 0.0237. The summed E-state index contributed by atoms with van der Waals surface area (Å²) >= 11 is 5.54. The second kappa shape index (κ2) is 3.83. The molecule has 0 saturated carbocycles. The highest BCUT2D eigenvalue weighted by molar-refractivity contribution is 6.30. The number of nitrogens with zero attached hydrogens (tertiary/aromatic N) is 1. The van der Waals surface area contributed by atoms with Crippen LogP contribution in [0.2, 0.25) is 5.02 Å². The Bertz CT molecular complexity index is 493. The molecule has 16 heavy (non-hydrogen) atoms. The lowest BCUT2D eigenvalue weighted by molar-refractivity contribution is -0.137. The normalized spacial score (nSPS) is 11.8. The fraction of sp³-hybridized carbons (Fsp3) is 0.100. The van der Waals surface area contributed by atoms with E-state index < -0.39 is 11.7 Å². The van der Waals surface area contributed by atoms with Crippen LogP contribution in [0.25, 0.3) is 11.3 Å². The maximum atomic E-state index is 12.7. The Kier molecular flexibility index (Phi) is 2.63. The average Bonchev–Trinajstić information content (AvgIpc) is 2.69. The largest absolute Gasteiger partial charge is 0.444 e. The Hall–Kier alpha value is -1.49. The van der Waals surface area contributed by atoms with Gasteiger partial charge in [0.15, 0.2) is 12.2 Å². The molecule has 84 valence electrons. The number of hydrogen-bond donors (Lipinski definition) is 0. The highest BCUT2D eigenvalue weighted by Crippen LogP contribution is 2.38. The first-order valence-electron chi connectivity index (χ1n) is 4.24. The summed E-state index contributed by atoms with van der Waals surface area (Å²) in [6, 6.07) is 3.49. The van der Waals surface area contributed by atoms with E-state index in [9.17, 15) is 13.2 Å². The van der Waals surface area contributed by atoms with Gasteiger partial charge in [-0.15, -0.1) is 0 Å². The van der Waals surface area contributed by atoms with Crippen molar-refractivity contribution in [2.24, 2.45) is 0 Å². The van der Waals surface area contributed by atoms with Gasteiger partial charge in [0.25, 0.3) is 0 Å². The summed E-state index contributed by atoms with van der Waals surface area (Å²) in [5.41, 5.74) is -0.911. The standard InChI is InChI=1S/C10H5ClF3NO/c11-6-1-2-7(9-4-15-5-16-9)8(3-6)10(12,13)14/h1-5H. The van der Waals surface area contributed by atoms with E-state index >= 15 is 0 Å². The summed E-state index contributed by atoms with van der Waals surface area (Å²) < 4.78 is 42.9. The smallest absolute Gasteiger partial charge is 0.417 e. The van der Waals surface area contributed by atoms with E-state index in [0.717, 1.165) is 12.5 Å². The van der Waals surface area contributed by atoms with E-state index in [2.05, 4.69) is 4.98 Å². The maximum absolute atomic E-state index is 12.7. The third-order valence-corrected chi connectivity index (χ3v) is 2.22. The van der Waals surface area contributed by atoms with Crippen LogP contribution in [0.4, 0.5) is 13.2 Å². The van der Waals surface area contributed by atoms with Crippen molar-refractivity contribution in [1.29, 1.82) is 0 Å². The lowest BCUT2D eigenvalue weighted by Crippen LogP contribution is -2.06. The second-order valence-corrected chi connectivity index (χ2v) is 3.49. The molecular formula is C10H5ClF3NO. The Labute approximate surface area is 93.7 Å². The van der Waals surface area contributed by atoms with Gasteiger partial charge in [0.05, 0.1) is 11.8 Å². The molecule has 2 nitrogen and oxygen atoms in total. The van der Waals surface area contributed by atoms with Crippen molar-refractivity contribution >= 4 is 11.6 Å². The molecular weight excluding hydrogens is 243 g/mol. The van der Waals surface area contributed by atoms with Crippen LogP contribution >= 0.6 is 11.6 Å². The van der Waals surface area contributed by atoms with Crippen LogP contribution < -0.4 is 0 Å². The van der Waals surface area contributed by atoms with Gasteiger partial charge in [0.2, 0.25) is 0 Å². The van der Waals surface area contributed by atoms with Gasteiger partial charge in [0.1, 0.15) is 0 Å². The van der Waals surface area contributed by atoms with Gasteiger partial charge >= 0.3 is 6.18 Å². The van der Waals surface area contributed by atoms with Crippen LogP contribution in [0.1, 0.15) is 5.56 Å². The van der Waals surface area contributed by atoms with Gasteiger partial charge in [0, 0.05) is 10.6 Å². The summed E-state index contributed by atoms with van der Waals surface area (Å²) in [6.45, 7) is 0. The van der Waals surface area contributed by atoms with Crippen molar-refractivity contribution in [1.82, 2.24) is 4.98 Å². The fourth-order valence-electron chi connectivity index (χ4n) is 1.31. The molecule has 2 aromatic rings. The molecule has 1 aromatic heterocycles. The number of hydrogen-bond acceptors (Lipinski definition) is 2. The van der Waals surface area contributed by atoms with Crippen LogP contribution in [0, 0.1) is 0 Å². The monoisotopic (exact) mass is 247 g/mol. The summed E-state index contributed by atoms with van der Waals surface area (Å²) in [4.78, 5) is 3.58. The molecule has 0 unspecified atom stereocenters. The Morgan fingerprint density at radius 3 is 2.56 bits per heavy atom. The van der Waals surface area contributed by atoms with Gasteiger partial charge in [-0.3, -0.25) is 0 Å². The Balaban J connectivity index is 2.62. The van der Waals surface area contributed by atoms with Crippen LogP contribution in [0.5, 0.6) is 0 Å². The van der Waals surface area contributed by atoms with Crippen molar-refractivity contribution in [3.8, 4) is 11.3 Å². The molecule has 0 aliphatic heterocycles. The molecule has 1 heterocycles. The molecule has 0 radical (unpaired) electrons. The molecule has 0 saturated heterocycles. The highest BCUT2D eigenvalue weighted by atomic mass is 35.5. The number of oxazole rings is 1. The van der Waals surface area contributed by atoms with Gasteiger partial charge in [-0.25, -0.2) is 4.98 Å². The van der Waals surface area contributed by atoms with E-state index in [-0.39, 0.29) is 16.3 Å². The zero-order valence-corrected chi connectivity index (χ0v) is 8.51. The molecule has 0 aliphatic carbocycles.